The molecule has 1 unspecified atom stereocenters. The Morgan fingerprint density at radius 1 is 1.08 bits per heavy atom. The Labute approximate surface area is 312 Å². The van der Waals surface area contributed by atoms with Gasteiger partial charge >= 0.3 is 5.97 Å². The summed E-state index contributed by atoms with van der Waals surface area (Å²) in [5.41, 5.74) is 6.15. The zero-order chi connectivity index (χ0) is 38.4. The minimum Gasteiger partial charge on any atom is -0.481 e. The quantitative estimate of drug-likeness (QED) is 0.214. The highest BCUT2D eigenvalue weighted by Gasteiger charge is 2.72. The maximum atomic E-state index is 13.6. The van der Waals surface area contributed by atoms with Crippen LogP contribution in [0, 0.1) is 62.6 Å². The Kier molecular flexibility index (Phi) is 9.98. The van der Waals surface area contributed by atoms with E-state index < -0.39 is 22.8 Å². The molecule has 6 rings (SSSR count). The molecule has 1 aliphatic heterocycles. The third kappa shape index (κ3) is 5.65. The maximum absolute atomic E-state index is 13.6. The largest absolute Gasteiger partial charge is 0.481 e. The molecule has 2 bridgehead atoms. The third-order valence-electron chi connectivity index (χ3n) is 16.5. The SMILES string of the molecule is CC(C)NC(=O)c1ncnn1[C@@H]1CC23COC[C@@](C)([C@@H]2CC[C@H]2C3=CC[C@@]3(C)[C@H](C(=O)O)[C@@](C)([C@H](C)C(C)C)CC[C@]23C)[C@H]1OC[C@](C)(N)C(C)C. The Balaban J connectivity index is 1.47. The van der Waals surface area contributed by atoms with E-state index in [-0.39, 0.29) is 69.4 Å². The molecule has 1 aromatic heterocycles. The van der Waals surface area contributed by atoms with Crippen LogP contribution in [0.3, 0.4) is 0 Å². The van der Waals surface area contributed by atoms with Crippen molar-refractivity contribution in [2.45, 2.75) is 145 Å². The number of carboxylic acid groups (broad SMARTS) is 1. The Bertz CT molecular complexity index is 1570. The van der Waals surface area contributed by atoms with Gasteiger partial charge in [0.2, 0.25) is 5.82 Å². The first-order valence-corrected chi connectivity index (χ1v) is 20.2. The molecule has 3 saturated carbocycles. The lowest BCUT2D eigenvalue weighted by atomic mass is 9.34. The van der Waals surface area contributed by atoms with Crippen LogP contribution < -0.4 is 11.1 Å². The summed E-state index contributed by atoms with van der Waals surface area (Å²) < 4.78 is 15.6. The molecule has 2 heterocycles. The van der Waals surface area contributed by atoms with Gasteiger partial charge in [-0.15, -0.1) is 0 Å². The van der Waals surface area contributed by atoms with Gasteiger partial charge in [-0.1, -0.05) is 74.0 Å². The van der Waals surface area contributed by atoms with Crippen LogP contribution in [0.2, 0.25) is 0 Å². The molecule has 0 radical (unpaired) electrons. The maximum Gasteiger partial charge on any atom is 0.307 e. The highest BCUT2D eigenvalue weighted by Crippen LogP contribution is 2.75. The first kappa shape index (κ1) is 39.4. The van der Waals surface area contributed by atoms with Crippen molar-refractivity contribution in [3.8, 4) is 0 Å². The average molecular weight is 724 g/mol. The number of rotatable bonds is 10. The summed E-state index contributed by atoms with van der Waals surface area (Å²) in [6, 6.07) is -0.331. The second kappa shape index (κ2) is 13.2. The Morgan fingerprint density at radius 2 is 1.77 bits per heavy atom. The molecule has 52 heavy (non-hydrogen) atoms. The first-order chi connectivity index (χ1) is 24.1. The lowest BCUT2D eigenvalue weighted by Gasteiger charge is -2.71. The minimum absolute atomic E-state index is 0.0506. The molecule has 292 valence electrons. The fraction of sp³-hybridized carbons (Fsp3) is 0.857. The number of carboxylic acids is 1. The number of carbonyl (C=O) groups excluding carboxylic acids is 1. The molecule has 4 aliphatic carbocycles. The van der Waals surface area contributed by atoms with Crippen LogP contribution in [0.1, 0.15) is 138 Å². The van der Waals surface area contributed by atoms with E-state index >= 15 is 0 Å². The van der Waals surface area contributed by atoms with E-state index in [9.17, 15) is 14.7 Å². The van der Waals surface area contributed by atoms with Gasteiger partial charge in [0.05, 0.1) is 37.9 Å². The van der Waals surface area contributed by atoms with E-state index in [0.29, 0.717) is 38.0 Å². The molecule has 1 amide bonds. The number of allylic oxidation sites excluding steroid dienone is 1. The topological polar surface area (TPSA) is 142 Å². The predicted molar refractivity (Wildman–Crippen MR) is 202 cm³/mol. The number of hydrogen-bond donors (Lipinski definition) is 3. The second-order valence-electron chi connectivity index (χ2n) is 20.2. The van der Waals surface area contributed by atoms with Gasteiger partial charge in [0.1, 0.15) is 6.33 Å². The van der Waals surface area contributed by atoms with Crippen LogP contribution in [-0.4, -0.2) is 69.3 Å². The van der Waals surface area contributed by atoms with Gasteiger partial charge < -0.3 is 25.6 Å². The van der Waals surface area contributed by atoms with Crippen molar-refractivity contribution in [2.75, 3.05) is 19.8 Å². The second-order valence-corrected chi connectivity index (χ2v) is 20.2. The molecular weight excluding hydrogens is 654 g/mol. The molecule has 0 spiro atoms. The van der Waals surface area contributed by atoms with Crippen LogP contribution in [0.4, 0.5) is 0 Å². The standard InChI is InChI=1S/C42H69N5O5/c1-24(2)27(7)37(8)17-18-39(10)28-13-14-31-38(9)20-51-22-42(31,29(28)15-16-40(39,11)32(37)36(49)50)19-30(33(38)52-21-41(12,43)25(3)4)47-34(44-23-45-47)35(48)46-26(5)6/h15,23-28,30-33H,13-14,16-22,43H2,1-12H3,(H,46,48)(H,49,50)/t27-,28+,30-,31+,32-,33+,37-,38+,39-,40+,41+,42?/m1/s1. The van der Waals surface area contributed by atoms with Crippen LogP contribution in [0.25, 0.3) is 0 Å². The fourth-order valence-corrected chi connectivity index (χ4v) is 12.5. The van der Waals surface area contributed by atoms with Crippen molar-refractivity contribution in [1.82, 2.24) is 20.1 Å². The molecule has 4 N–H and O–H groups in total. The first-order valence-electron chi connectivity index (χ1n) is 20.2. The third-order valence-corrected chi connectivity index (χ3v) is 16.5. The van der Waals surface area contributed by atoms with E-state index in [1.165, 1.54) is 11.9 Å². The van der Waals surface area contributed by atoms with E-state index in [4.69, 9.17) is 20.3 Å². The fourth-order valence-electron chi connectivity index (χ4n) is 12.5. The molecule has 1 saturated heterocycles. The van der Waals surface area contributed by atoms with Gasteiger partial charge in [0.15, 0.2) is 0 Å². The van der Waals surface area contributed by atoms with Crippen molar-refractivity contribution in [3.63, 3.8) is 0 Å². The van der Waals surface area contributed by atoms with Gasteiger partial charge in [-0.3, -0.25) is 9.59 Å². The normalized spacial score (nSPS) is 41.8. The zero-order valence-electron chi connectivity index (χ0n) is 34.2. The molecule has 10 nitrogen and oxygen atoms in total. The lowest BCUT2D eigenvalue weighted by Crippen LogP contribution is -2.69. The number of aromatic nitrogens is 3. The van der Waals surface area contributed by atoms with Gasteiger partial charge in [-0.05, 0) is 105 Å². The number of ether oxygens (including phenoxy) is 2. The Hall–Kier alpha value is -2.30. The van der Waals surface area contributed by atoms with Crippen LogP contribution >= 0.6 is 0 Å². The lowest BCUT2D eigenvalue weighted by molar-refractivity contribution is -0.252. The summed E-state index contributed by atoms with van der Waals surface area (Å²) in [6.07, 6.45) is 9.02. The van der Waals surface area contributed by atoms with Crippen molar-refractivity contribution >= 4 is 11.9 Å². The monoisotopic (exact) mass is 724 g/mol. The summed E-state index contributed by atoms with van der Waals surface area (Å²) in [7, 11) is 0. The number of hydrogen-bond acceptors (Lipinski definition) is 7. The summed E-state index contributed by atoms with van der Waals surface area (Å²) in [4.78, 5) is 31.7. The van der Waals surface area contributed by atoms with E-state index in [0.717, 1.165) is 32.1 Å². The summed E-state index contributed by atoms with van der Waals surface area (Å²) in [5, 5.41) is 18.9. The van der Waals surface area contributed by atoms with Crippen molar-refractivity contribution < 1.29 is 24.2 Å². The molecule has 4 fully saturated rings. The van der Waals surface area contributed by atoms with E-state index in [1.807, 2.05) is 25.5 Å². The summed E-state index contributed by atoms with van der Waals surface area (Å²) in [6.45, 7) is 27.8. The number of fused-ring (bicyclic) bond motifs is 3. The highest BCUT2D eigenvalue weighted by atomic mass is 16.5. The number of carbonyl (C=O) groups is 2. The van der Waals surface area contributed by atoms with Crippen LogP contribution in [0.15, 0.2) is 18.0 Å². The molecule has 0 aromatic carbocycles. The van der Waals surface area contributed by atoms with Crippen LogP contribution in [0.5, 0.6) is 0 Å². The number of nitrogens with two attached hydrogens (primary N) is 1. The smallest absolute Gasteiger partial charge is 0.307 e. The average Bonchev–Trinajstić information content (AvgIpc) is 3.54. The number of amides is 1. The van der Waals surface area contributed by atoms with Gasteiger partial charge in [0, 0.05) is 22.4 Å². The highest BCUT2D eigenvalue weighted by molar-refractivity contribution is 5.90. The predicted octanol–water partition coefficient (Wildman–Crippen LogP) is 7.30. The number of nitrogens with zero attached hydrogens (tertiary/aromatic N) is 3. The molecule has 1 aromatic rings. The van der Waals surface area contributed by atoms with Gasteiger partial charge in [0.25, 0.3) is 5.91 Å². The number of aliphatic carboxylic acids is 1. The number of nitrogens with one attached hydrogen (secondary N) is 1. The molecule has 12 atom stereocenters. The van der Waals surface area contributed by atoms with Crippen molar-refractivity contribution in [3.05, 3.63) is 23.8 Å². The summed E-state index contributed by atoms with van der Waals surface area (Å²) >= 11 is 0. The molecule has 5 aliphatic rings. The molecule has 10 heteroatoms. The Morgan fingerprint density at radius 3 is 2.38 bits per heavy atom. The van der Waals surface area contributed by atoms with Crippen molar-refractivity contribution in [1.29, 1.82) is 0 Å². The molecular formula is C42H69N5O5. The minimum atomic E-state index is -0.648. The van der Waals surface area contributed by atoms with Gasteiger partial charge in [-0.2, -0.15) is 5.10 Å². The zero-order valence-corrected chi connectivity index (χ0v) is 34.2. The van der Waals surface area contributed by atoms with E-state index in [2.05, 4.69) is 78.7 Å². The van der Waals surface area contributed by atoms with Crippen molar-refractivity contribution in [2.24, 2.45) is 68.3 Å². The van der Waals surface area contributed by atoms with E-state index in [1.54, 1.807) is 0 Å². The summed E-state index contributed by atoms with van der Waals surface area (Å²) in [5.74, 6) is 0.370. The van der Waals surface area contributed by atoms with Gasteiger partial charge in [-0.25, -0.2) is 9.67 Å². The van der Waals surface area contributed by atoms with Crippen LogP contribution in [-0.2, 0) is 14.3 Å².